The molecule has 0 atom stereocenters. The summed E-state index contributed by atoms with van der Waals surface area (Å²) in [6, 6.07) is 3.02. The van der Waals surface area contributed by atoms with Crippen molar-refractivity contribution in [3.63, 3.8) is 0 Å². The molecule has 2 N–H and O–H groups in total. The van der Waals surface area contributed by atoms with Gasteiger partial charge in [-0.15, -0.1) is 0 Å². The molecular weight excluding hydrogens is 271 g/mol. The maximum absolute atomic E-state index is 13.8. The van der Waals surface area contributed by atoms with Crippen molar-refractivity contribution in [3.8, 4) is 5.75 Å². The molecule has 0 radical (unpaired) electrons. The summed E-state index contributed by atoms with van der Waals surface area (Å²) in [5.41, 5.74) is 6.64. The van der Waals surface area contributed by atoms with Gasteiger partial charge in [0.2, 0.25) is 0 Å². The third-order valence-corrected chi connectivity index (χ3v) is 3.42. The molecule has 4 nitrogen and oxygen atoms in total. The first-order valence-electron chi connectivity index (χ1n) is 7.30. The van der Waals surface area contributed by atoms with Crippen molar-refractivity contribution < 1.29 is 13.9 Å². The van der Waals surface area contributed by atoms with Crippen LogP contribution in [-0.4, -0.2) is 30.9 Å². The number of rotatable bonds is 3. The first-order chi connectivity index (χ1) is 9.63. The lowest BCUT2D eigenvalue weighted by molar-refractivity contribution is -0.133. The van der Waals surface area contributed by atoms with E-state index in [-0.39, 0.29) is 17.0 Å². The summed E-state index contributed by atoms with van der Waals surface area (Å²) in [4.78, 5) is 2.14. The number of nitrogens with zero attached hydrogens (tertiary/aromatic N) is 1. The summed E-state index contributed by atoms with van der Waals surface area (Å²) in [5.74, 6) is -0.186. The molecule has 0 unspecified atom stereocenters. The van der Waals surface area contributed by atoms with E-state index in [1.54, 1.807) is 6.07 Å². The van der Waals surface area contributed by atoms with Gasteiger partial charge in [-0.25, -0.2) is 4.39 Å². The van der Waals surface area contributed by atoms with Crippen LogP contribution in [0, 0.1) is 5.82 Å². The Balaban J connectivity index is 2.38. The minimum absolute atomic E-state index is 0.240. The van der Waals surface area contributed by atoms with E-state index in [4.69, 9.17) is 15.2 Å². The van der Waals surface area contributed by atoms with Gasteiger partial charge in [0.15, 0.2) is 11.6 Å². The third kappa shape index (κ3) is 3.59. The lowest BCUT2D eigenvalue weighted by Gasteiger charge is -2.48. The molecule has 5 heteroatoms. The summed E-state index contributed by atoms with van der Waals surface area (Å²) < 4.78 is 25.2. The molecule has 1 fully saturated rings. The molecule has 118 valence electrons. The van der Waals surface area contributed by atoms with Crippen LogP contribution in [0.25, 0.3) is 0 Å². The lowest BCUT2D eigenvalue weighted by atomic mass is 9.98. The van der Waals surface area contributed by atoms with Crippen molar-refractivity contribution in [2.75, 3.05) is 30.3 Å². The van der Waals surface area contributed by atoms with Crippen LogP contribution >= 0.6 is 0 Å². The van der Waals surface area contributed by atoms with Gasteiger partial charge < -0.3 is 20.1 Å². The Kier molecular flexibility index (Phi) is 4.06. The van der Waals surface area contributed by atoms with E-state index in [2.05, 4.69) is 4.90 Å². The maximum Gasteiger partial charge on any atom is 0.167 e. The highest BCUT2D eigenvalue weighted by Gasteiger charge is 2.38. The number of nitrogen functional groups attached to an aromatic ring is 1. The minimum Gasteiger partial charge on any atom is -0.491 e. The quantitative estimate of drug-likeness (QED) is 0.870. The Morgan fingerprint density at radius 2 is 1.81 bits per heavy atom. The number of anilines is 2. The van der Waals surface area contributed by atoms with E-state index in [1.807, 2.05) is 34.6 Å². The van der Waals surface area contributed by atoms with Gasteiger partial charge in [0.1, 0.15) is 0 Å². The average Bonchev–Trinajstić information content (AvgIpc) is 2.28. The van der Waals surface area contributed by atoms with Gasteiger partial charge in [0.05, 0.1) is 29.2 Å². The first-order valence-corrected chi connectivity index (χ1v) is 7.30. The Labute approximate surface area is 126 Å². The number of hydrogen-bond acceptors (Lipinski definition) is 4. The molecule has 1 aliphatic rings. The zero-order chi connectivity index (χ0) is 15.8. The van der Waals surface area contributed by atoms with Crippen LogP contribution in [0.3, 0.4) is 0 Å². The predicted octanol–water partition coefficient (Wildman–Crippen LogP) is 3.20. The Morgan fingerprint density at radius 3 is 2.33 bits per heavy atom. The molecule has 0 amide bonds. The summed E-state index contributed by atoms with van der Waals surface area (Å²) in [6.45, 7) is 11.8. The second-order valence-corrected chi connectivity index (χ2v) is 6.75. The molecule has 0 aliphatic carbocycles. The molecule has 1 aliphatic heterocycles. The van der Waals surface area contributed by atoms with Crippen LogP contribution in [0.4, 0.5) is 15.8 Å². The van der Waals surface area contributed by atoms with Crippen LogP contribution in [0.2, 0.25) is 0 Å². The van der Waals surface area contributed by atoms with Gasteiger partial charge in [-0.1, -0.05) is 0 Å². The van der Waals surface area contributed by atoms with Crippen molar-refractivity contribution in [3.05, 3.63) is 17.9 Å². The molecule has 0 saturated carbocycles. The van der Waals surface area contributed by atoms with Crippen molar-refractivity contribution in [1.29, 1.82) is 0 Å². The number of nitrogens with two attached hydrogens (primary N) is 1. The monoisotopic (exact) mass is 296 g/mol. The highest BCUT2D eigenvalue weighted by Crippen LogP contribution is 2.37. The highest BCUT2D eigenvalue weighted by atomic mass is 19.1. The molecule has 1 aromatic rings. The first kappa shape index (κ1) is 15.9. The van der Waals surface area contributed by atoms with E-state index < -0.39 is 5.82 Å². The molecule has 2 rings (SSSR count). The number of morpholine rings is 1. The number of ether oxygens (including phenoxy) is 2. The van der Waals surface area contributed by atoms with Gasteiger partial charge in [-0.3, -0.25) is 0 Å². The van der Waals surface area contributed by atoms with E-state index >= 15 is 0 Å². The van der Waals surface area contributed by atoms with E-state index in [9.17, 15) is 4.39 Å². The standard InChI is InChI=1S/C16H25FN2O2/c1-6-20-14-8-13(12(18)7-11(14)17)19-9-15(2,3)21-16(4,5)10-19/h7-8H,6,9-10,18H2,1-5H3. The fraction of sp³-hybridized carbons (Fsp3) is 0.625. The number of hydrogen-bond donors (Lipinski definition) is 1. The highest BCUT2D eigenvalue weighted by molar-refractivity contribution is 5.70. The maximum atomic E-state index is 13.8. The molecule has 1 saturated heterocycles. The van der Waals surface area contributed by atoms with E-state index in [0.717, 1.165) is 5.69 Å². The zero-order valence-electron chi connectivity index (χ0n) is 13.5. The largest absolute Gasteiger partial charge is 0.491 e. The van der Waals surface area contributed by atoms with Crippen molar-refractivity contribution in [1.82, 2.24) is 0 Å². The zero-order valence-corrected chi connectivity index (χ0v) is 13.5. The second-order valence-electron chi connectivity index (χ2n) is 6.75. The molecule has 21 heavy (non-hydrogen) atoms. The fourth-order valence-electron chi connectivity index (χ4n) is 3.06. The Hall–Kier alpha value is -1.49. The topological polar surface area (TPSA) is 47.7 Å². The van der Waals surface area contributed by atoms with E-state index in [0.29, 0.717) is 25.4 Å². The van der Waals surface area contributed by atoms with Crippen LogP contribution in [0.5, 0.6) is 5.75 Å². The summed E-state index contributed by atoms with van der Waals surface area (Å²) in [6.07, 6.45) is 0. The van der Waals surface area contributed by atoms with Crippen LogP contribution in [-0.2, 0) is 4.74 Å². The third-order valence-electron chi connectivity index (χ3n) is 3.42. The minimum atomic E-state index is -0.426. The van der Waals surface area contributed by atoms with Crippen LogP contribution in [0.1, 0.15) is 34.6 Å². The Morgan fingerprint density at radius 1 is 1.24 bits per heavy atom. The number of benzene rings is 1. The summed E-state index contributed by atoms with van der Waals surface area (Å²) in [7, 11) is 0. The van der Waals surface area contributed by atoms with Gasteiger partial charge in [-0.05, 0) is 34.6 Å². The van der Waals surface area contributed by atoms with Crippen LogP contribution < -0.4 is 15.4 Å². The summed E-state index contributed by atoms with van der Waals surface area (Å²) >= 11 is 0. The van der Waals surface area contributed by atoms with Crippen molar-refractivity contribution in [2.24, 2.45) is 0 Å². The fourth-order valence-corrected chi connectivity index (χ4v) is 3.06. The van der Waals surface area contributed by atoms with Gasteiger partial charge in [0.25, 0.3) is 0 Å². The molecule has 1 aromatic carbocycles. The molecular formula is C16H25FN2O2. The van der Waals surface area contributed by atoms with Crippen molar-refractivity contribution >= 4 is 11.4 Å². The van der Waals surface area contributed by atoms with Crippen molar-refractivity contribution in [2.45, 2.75) is 45.8 Å². The van der Waals surface area contributed by atoms with Gasteiger partial charge in [0, 0.05) is 25.2 Å². The number of halogens is 1. The Bertz CT molecular complexity index is 513. The van der Waals surface area contributed by atoms with Crippen LogP contribution in [0.15, 0.2) is 12.1 Å². The van der Waals surface area contributed by atoms with E-state index in [1.165, 1.54) is 6.07 Å². The molecule has 0 bridgehead atoms. The van der Waals surface area contributed by atoms with Gasteiger partial charge >= 0.3 is 0 Å². The smallest absolute Gasteiger partial charge is 0.167 e. The molecule has 0 aromatic heterocycles. The second kappa shape index (κ2) is 5.37. The van der Waals surface area contributed by atoms with Gasteiger partial charge in [-0.2, -0.15) is 0 Å². The SMILES string of the molecule is CCOc1cc(N2CC(C)(C)OC(C)(C)C2)c(N)cc1F. The molecule has 1 heterocycles. The lowest BCUT2D eigenvalue weighted by Crippen LogP contribution is -2.57. The normalized spacial score (nSPS) is 20.4. The predicted molar refractivity (Wildman–Crippen MR) is 83.4 cm³/mol. The average molecular weight is 296 g/mol. The molecule has 0 spiro atoms. The summed E-state index contributed by atoms with van der Waals surface area (Å²) in [5, 5.41) is 0.